The first kappa shape index (κ1) is 19.7. The van der Waals surface area contributed by atoms with Crippen molar-refractivity contribution < 1.29 is 22.6 Å². The first-order valence-electron chi connectivity index (χ1n) is 8.49. The molecule has 3 aromatic rings. The lowest BCUT2D eigenvalue weighted by Crippen LogP contribution is -2.14. The molecule has 1 heterocycles. The molecule has 1 aromatic heterocycles. The van der Waals surface area contributed by atoms with Gasteiger partial charge in [0.05, 0.1) is 25.3 Å². The van der Waals surface area contributed by atoms with Crippen LogP contribution in [0.2, 0.25) is 0 Å². The number of aromatic nitrogens is 3. The van der Waals surface area contributed by atoms with Crippen LogP contribution in [0.1, 0.15) is 29.9 Å². The Kier molecular flexibility index (Phi) is 5.55. The van der Waals surface area contributed by atoms with E-state index in [2.05, 4.69) is 15.2 Å². The fraction of sp³-hybridized carbons (Fsp3) is 0.263. The molecule has 0 aliphatic heterocycles. The van der Waals surface area contributed by atoms with Gasteiger partial charge in [-0.2, -0.15) is 18.3 Å². The Hall–Kier alpha value is -3.07. The molecule has 0 unspecified atom stereocenters. The van der Waals surface area contributed by atoms with E-state index in [1.54, 1.807) is 18.2 Å². The van der Waals surface area contributed by atoms with Crippen LogP contribution in [0.4, 0.5) is 13.2 Å². The molecule has 2 aromatic carbocycles. The molecule has 3 N–H and O–H groups in total. The number of hydrogen-bond donors (Lipinski definition) is 2. The summed E-state index contributed by atoms with van der Waals surface area (Å²) < 4.78 is 48.9. The minimum Gasteiger partial charge on any atom is -0.493 e. The summed E-state index contributed by atoms with van der Waals surface area (Å²) in [6.07, 6.45) is -4.39. The van der Waals surface area contributed by atoms with Gasteiger partial charge in [0.25, 0.3) is 0 Å². The van der Waals surface area contributed by atoms with E-state index < -0.39 is 17.8 Å². The molecule has 9 heteroatoms. The lowest BCUT2D eigenvalue weighted by Gasteiger charge is -2.13. The number of nitrogens with one attached hydrogen (secondary N) is 1. The van der Waals surface area contributed by atoms with Gasteiger partial charge in [-0.25, -0.2) is 4.98 Å². The van der Waals surface area contributed by atoms with Crippen molar-refractivity contribution in [2.24, 2.45) is 5.73 Å². The number of nitrogens with two attached hydrogens (primary N) is 1. The van der Waals surface area contributed by atoms with Crippen molar-refractivity contribution in [3.05, 3.63) is 59.4 Å². The summed E-state index contributed by atoms with van der Waals surface area (Å²) in [6, 6.07) is 9.28. The second-order valence-electron chi connectivity index (χ2n) is 5.94. The number of H-pyrrole nitrogens is 1. The highest BCUT2D eigenvalue weighted by atomic mass is 19.4. The van der Waals surface area contributed by atoms with Crippen molar-refractivity contribution in [2.75, 3.05) is 13.7 Å². The van der Waals surface area contributed by atoms with E-state index >= 15 is 0 Å². The fourth-order valence-corrected chi connectivity index (χ4v) is 2.66. The minimum absolute atomic E-state index is 0.261. The second kappa shape index (κ2) is 7.89. The third-order valence-electron chi connectivity index (χ3n) is 4.11. The summed E-state index contributed by atoms with van der Waals surface area (Å²) in [5, 5.41) is 6.81. The Labute approximate surface area is 159 Å². The van der Waals surface area contributed by atoms with Gasteiger partial charge in [0.1, 0.15) is 5.82 Å². The largest absolute Gasteiger partial charge is 0.493 e. The van der Waals surface area contributed by atoms with Crippen LogP contribution in [0.3, 0.4) is 0 Å². The quantitative estimate of drug-likeness (QED) is 0.664. The third-order valence-corrected chi connectivity index (χ3v) is 4.11. The Bertz CT molecular complexity index is 939. The van der Waals surface area contributed by atoms with Gasteiger partial charge in [-0.15, -0.1) is 0 Å². The summed E-state index contributed by atoms with van der Waals surface area (Å²) in [5.41, 5.74) is 6.70. The highest BCUT2D eigenvalue weighted by Gasteiger charge is 2.30. The summed E-state index contributed by atoms with van der Waals surface area (Å²) in [6.45, 7) is 2.37. The zero-order chi connectivity index (χ0) is 20.3. The average molecular weight is 392 g/mol. The molecule has 148 valence electrons. The highest BCUT2D eigenvalue weighted by molar-refractivity contribution is 5.55. The van der Waals surface area contributed by atoms with E-state index in [9.17, 15) is 13.2 Å². The normalized spacial score (nSPS) is 12.6. The van der Waals surface area contributed by atoms with Crippen LogP contribution in [0.5, 0.6) is 11.5 Å². The van der Waals surface area contributed by atoms with Gasteiger partial charge in [0, 0.05) is 5.56 Å². The van der Waals surface area contributed by atoms with E-state index in [-0.39, 0.29) is 5.82 Å². The smallest absolute Gasteiger partial charge is 0.416 e. The molecular formula is C19H19F3N4O2. The van der Waals surface area contributed by atoms with Gasteiger partial charge < -0.3 is 15.2 Å². The SMILES string of the molecule is CCOc1ccc([C@@H](N)c2nc(-c3ccc(C(F)(F)F)cc3)n[nH]2)cc1OC. The van der Waals surface area contributed by atoms with Crippen molar-refractivity contribution in [3.8, 4) is 22.9 Å². The van der Waals surface area contributed by atoms with Crippen LogP contribution in [-0.4, -0.2) is 28.9 Å². The zero-order valence-electron chi connectivity index (χ0n) is 15.2. The number of ether oxygens (including phenoxy) is 2. The van der Waals surface area contributed by atoms with Crippen LogP contribution < -0.4 is 15.2 Å². The summed E-state index contributed by atoms with van der Waals surface area (Å²) in [7, 11) is 1.53. The predicted molar refractivity (Wildman–Crippen MR) is 97.0 cm³/mol. The van der Waals surface area contributed by atoms with E-state index in [4.69, 9.17) is 15.2 Å². The average Bonchev–Trinajstić information content (AvgIpc) is 3.17. The standard InChI is InChI=1S/C19H19F3N4O2/c1-3-28-14-9-6-12(10-15(14)27-2)16(23)18-24-17(25-26-18)11-4-7-13(8-5-11)19(20,21)22/h4-10,16H,3,23H2,1-2H3,(H,24,25,26)/t16-/m1/s1. The van der Waals surface area contributed by atoms with Gasteiger partial charge in [-0.05, 0) is 36.8 Å². The molecule has 0 saturated carbocycles. The van der Waals surface area contributed by atoms with E-state index in [0.29, 0.717) is 29.5 Å². The Morgan fingerprint density at radius 2 is 1.82 bits per heavy atom. The number of rotatable bonds is 6. The molecule has 0 bridgehead atoms. The Balaban J connectivity index is 1.83. The third kappa shape index (κ3) is 4.09. The topological polar surface area (TPSA) is 86.0 Å². The van der Waals surface area contributed by atoms with Gasteiger partial charge in [0.15, 0.2) is 17.3 Å². The van der Waals surface area contributed by atoms with Crippen molar-refractivity contribution in [1.82, 2.24) is 15.2 Å². The number of benzene rings is 2. The van der Waals surface area contributed by atoms with Crippen LogP contribution in [-0.2, 0) is 6.18 Å². The van der Waals surface area contributed by atoms with Crippen LogP contribution in [0.15, 0.2) is 42.5 Å². The molecule has 28 heavy (non-hydrogen) atoms. The van der Waals surface area contributed by atoms with Crippen molar-refractivity contribution in [2.45, 2.75) is 19.1 Å². The molecule has 0 spiro atoms. The molecule has 1 atom stereocenters. The van der Waals surface area contributed by atoms with E-state index in [1.807, 2.05) is 6.92 Å². The molecule has 3 rings (SSSR count). The molecule has 0 aliphatic rings. The van der Waals surface area contributed by atoms with Crippen LogP contribution >= 0.6 is 0 Å². The van der Waals surface area contributed by atoms with Gasteiger partial charge in [-0.3, -0.25) is 5.10 Å². The zero-order valence-corrected chi connectivity index (χ0v) is 15.2. The monoisotopic (exact) mass is 392 g/mol. The molecule has 0 saturated heterocycles. The first-order valence-corrected chi connectivity index (χ1v) is 8.49. The minimum atomic E-state index is -4.39. The van der Waals surface area contributed by atoms with E-state index in [1.165, 1.54) is 19.2 Å². The highest BCUT2D eigenvalue weighted by Crippen LogP contribution is 2.32. The number of nitrogens with zero attached hydrogens (tertiary/aromatic N) is 2. The number of hydrogen-bond acceptors (Lipinski definition) is 5. The first-order chi connectivity index (χ1) is 13.3. The summed E-state index contributed by atoms with van der Waals surface area (Å²) in [5.74, 6) is 1.78. The Morgan fingerprint density at radius 1 is 1.11 bits per heavy atom. The maximum absolute atomic E-state index is 12.7. The number of aromatic amines is 1. The van der Waals surface area contributed by atoms with Crippen molar-refractivity contribution >= 4 is 0 Å². The number of methoxy groups -OCH3 is 1. The number of alkyl halides is 3. The fourth-order valence-electron chi connectivity index (χ4n) is 2.66. The molecule has 0 radical (unpaired) electrons. The van der Waals surface area contributed by atoms with Gasteiger partial charge in [0.2, 0.25) is 0 Å². The van der Waals surface area contributed by atoms with Gasteiger partial charge in [-0.1, -0.05) is 18.2 Å². The maximum Gasteiger partial charge on any atom is 0.416 e. The Morgan fingerprint density at radius 3 is 2.43 bits per heavy atom. The molecular weight excluding hydrogens is 373 g/mol. The molecule has 0 aliphatic carbocycles. The van der Waals surface area contributed by atoms with E-state index in [0.717, 1.165) is 17.7 Å². The molecule has 0 fully saturated rings. The van der Waals surface area contributed by atoms with Crippen LogP contribution in [0.25, 0.3) is 11.4 Å². The van der Waals surface area contributed by atoms with Crippen molar-refractivity contribution in [1.29, 1.82) is 0 Å². The molecule has 0 amide bonds. The number of halogens is 3. The lowest BCUT2D eigenvalue weighted by molar-refractivity contribution is -0.137. The lowest BCUT2D eigenvalue weighted by atomic mass is 10.1. The van der Waals surface area contributed by atoms with Crippen LogP contribution in [0, 0.1) is 0 Å². The molecule has 6 nitrogen and oxygen atoms in total. The predicted octanol–water partition coefficient (Wildman–Crippen LogP) is 3.95. The van der Waals surface area contributed by atoms with Gasteiger partial charge >= 0.3 is 6.18 Å². The maximum atomic E-state index is 12.7. The second-order valence-corrected chi connectivity index (χ2v) is 5.94. The van der Waals surface area contributed by atoms with Crippen molar-refractivity contribution in [3.63, 3.8) is 0 Å². The summed E-state index contributed by atoms with van der Waals surface area (Å²) in [4.78, 5) is 4.32. The summed E-state index contributed by atoms with van der Waals surface area (Å²) >= 11 is 0.